The predicted octanol–water partition coefficient (Wildman–Crippen LogP) is 4.22. The Hall–Kier alpha value is -3.50. The van der Waals surface area contributed by atoms with E-state index >= 15 is 0 Å². The number of benzene rings is 1. The van der Waals surface area contributed by atoms with Crippen molar-refractivity contribution in [1.29, 1.82) is 0 Å². The van der Waals surface area contributed by atoms with Crippen LogP contribution in [0.3, 0.4) is 0 Å². The van der Waals surface area contributed by atoms with E-state index in [1.807, 2.05) is 43.0 Å². The maximum absolute atomic E-state index is 13.7. The molecule has 10 heteroatoms. The number of aryl methyl sites for hydroxylation is 4. The van der Waals surface area contributed by atoms with Gasteiger partial charge >= 0.3 is 0 Å². The van der Waals surface area contributed by atoms with Crippen LogP contribution in [0.25, 0.3) is 12.2 Å². The summed E-state index contributed by atoms with van der Waals surface area (Å²) < 4.78 is 34.4. The highest BCUT2D eigenvalue weighted by Gasteiger charge is 2.37. The van der Waals surface area contributed by atoms with E-state index < -0.39 is 10.0 Å². The minimum Gasteiger partial charge on any atom is -0.355 e. The number of pyridine rings is 1. The number of sulfonamides is 1. The second-order valence-corrected chi connectivity index (χ2v) is 12.7. The molecule has 0 atom stereocenters. The first kappa shape index (κ1) is 28.0. The number of rotatable bonds is 6. The quantitative estimate of drug-likeness (QED) is 0.443. The van der Waals surface area contributed by atoms with Crippen molar-refractivity contribution in [2.24, 2.45) is 5.92 Å². The van der Waals surface area contributed by atoms with Gasteiger partial charge in [-0.25, -0.2) is 13.4 Å². The fraction of sp³-hybridized carbons (Fsp3) is 0.433. The third kappa shape index (κ3) is 5.69. The molecule has 1 aromatic carbocycles. The second-order valence-electron chi connectivity index (χ2n) is 10.8. The van der Waals surface area contributed by atoms with Gasteiger partial charge in [0.25, 0.3) is 0 Å². The summed E-state index contributed by atoms with van der Waals surface area (Å²) >= 11 is 0. The third-order valence-electron chi connectivity index (χ3n) is 7.94. The van der Waals surface area contributed by atoms with Crippen LogP contribution in [0.2, 0.25) is 0 Å². The molecule has 2 saturated heterocycles. The topological polar surface area (TPSA) is 99.8 Å². The van der Waals surface area contributed by atoms with E-state index in [2.05, 4.69) is 34.1 Å². The number of hydrogen-bond acceptors (Lipinski definition) is 7. The van der Waals surface area contributed by atoms with Gasteiger partial charge in [0.15, 0.2) is 10.7 Å². The molecule has 2 aliphatic heterocycles. The van der Waals surface area contributed by atoms with Crippen LogP contribution in [-0.4, -0.2) is 72.9 Å². The number of aromatic nitrogens is 2. The molecule has 0 aliphatic carbocycles. The largest absolute Gasteiger partial charge is 0.355 e. The average molecular weight is 564 g/mol. The first-order valence-corrected chi connectivity index (χ1v) is 15.3. The van der Waals surface area contributed by atoms with Gasteiger partial charge in [0.2, 0.25) is 15.9 Å². The van der Waals surface area contributed by atoms with Gasteiger partial charge in [0, 0.05) is 51.4 Å². The lowest BCUT2D eigenvalue weighted by Crippen LogP contribution is -2.52. The number of anilines is 1. The molecule has 0 spiro atoms. The van der Waals surface area contributed by atoms with Crippen molar-refractivity contribution in [3.05, 3.63) is 70.2 Å². The Morgan fingerprint density at radius 2 is 1.62 bits per heavy atom. The second kappa shape index (κ2) is 11.5. The number of carbonyl (C=O) groups excluding carboxylic acids is 1. The van der Waals surface area contributed by atoms with Gasteiger partial charge in [0.1, 0.15) is 11.5 Å². The first-order valence-electron chi connectivity index (χ1n) is 13.8. The van der Waals surface area contributed by atoms with E-state index in [4.69, 9.17) is 4.52 Å². The Kier molecular flexibility index (Phi) is 8.09. The maximum atomic E-state index is 13.7. The molecule has 0 saturated carbocycles. The fourth-order valence-electron chi connectivity index (χ4n) is 5.84. The highest BCUT2D eigenvalue weighted by atomic mass is 32.2. The van der Waals surface area contributed by atoms with Crippen molar-refractivity contribution in [2.45, 2.75) is 45.4 Å². The molecule has 0 unspecified atom stereocenters. The first-order chi connectivity index (χ1) is 19.1. The maximum Gasteiger partial charge on any atom is 0.248 e. The van der Waals surface area contributed by atoms with Crippen LogP contribution in [-0.2, 0) is 14.8 Å². The van der Waals surface area contributed by atoms with Crippen LogP contribution >= 0.6 is 0 Å². The van der Waals surface area contributed by atoms with Crippen molar-refractivity contribution < 1.29 is 17.7 Å². The summed E-state index contributed by atoms with van der Waals surface area (Å²) in [6, 6.07) is 10.0. The van der Waals surface area contributed by atoms with E-state index in [0.717, 1.165) is 35.6 Å². The number of amides is 1. The van der Waals surface area contributed by atoms with Gasteiger partial charge in [-0.2, -0.15) is 4.31 Å². The molecule has 3 aromatic rings. The molecule has 1 amide bonds. The number of piperazine rings is 1. The zero-order valence-electron chi connectivity index (χ0n) is 23.6. The molecule has 0 bridgehead atoms. The SMILES string of the molecule is Cc1cc(C)c(/C=C/c2onc(C)c2S(=O)(=O)N2CCC(C(=O)N3CCN(c4ccccn4)CC3)CC2)c(C)c1. The van der Waals surface area contributed by atoms with Crippen LogP contribution in [0, 0.1) is 33.6 Å². The number of hydrogen-bond donors (Lipinski definition) is 0. The number of piperidine rings is 1. The van der Waals surface area contributed by atoms with Crippen molar-refractivity contribution in [3.63, 3.8) is 0 Å². The van der Waals surface area contributed by atoms with Crippen molar-refractivity contribution >= 4 is 33.9 Å². The molecule has 0 radical (unpaired) electrons. The molecule has 0 N–H and O–H groups in total. The summed E-state index contributed by atoms with van der Waals surface area (Å²) in [6.45, 7) is 11.1. The standard InChI is InChI=1S/C30H37N5O4S/c1-21-19-22(2)26(23(3)20-21)8-9-27-29(24(4)32-39-27)40(37,38)35-13-10-25(11-14-35)30(36)34-17-15-33(16-18-34)28-7-5-6-12-31-28/h5-9,12,19-20,25H,10-11,13-18H2,1-4H3/b9-8+. The van der Waals surface area contributed by atoms with Crippen LogP contribution in [0.5, 0.6) is 0 Å². The van der Waals surface area contributed by atoms with Gasteiger partial charge < -0.3 is 14.3 Å². The Bertz CT molecular complexity index is 1480. The van der Waals surface area contributed by atoms with Crippen molar-refractivity contribution in [3.8, 4) is 0 Å². The lowest BCUT2D eigenvalue weighted by atomic mass is 9.96. The van der Waals surface area contributed by atoms with Gasteiger partial charge in [-0.05, 0) is 75.4 Å². The summed E-state index contributed by atoms with van der Waals surface area (Å²) in [5.41, 5.74) is 4.77. The van der Waals surface area contributed by atoms with Gasteiger partial charge in [-0.15, -0.1) is 0 Å². The summed E-state index contributed by atoms with van der Waals surface area (Å²) in [4.78, 5) is 21.9. The molecule has 9 nitrogen and oxygen atoms in total. The fourth-order valence-corrected chi connectivity index (χ4v) is 7.56. The number of nitrogens with zero attached hydrogens (tertiary/aromatic N) is 5. The highest BCUT2D eigenvalue weighted by molar-refractivity contribution is 7.89. The Morgan fingerprint density at radius 3 is 2.25 bits per heavy atom. The van der Waals surface area contributed by atoms with Crippen LogP contribution < -0.4 is 4.90 Å². The average Bonchev–Trinajstić information content (AvgIpc) is 3.33. The van der Waals surface area contributed by atoms with E-state index in [9.17, 15) is 13.2 Å². The summed E-state index contributed by atoms with van der Waals surface area (Å²) in [5, 5.41) is 3.98. The predicted molar refractivity (Wildman–Crippen MR) is 155 cm³/mol. The smallest absolute Gasteiger partial charge is 0.248 e. The van der Waals surface area contributed by atoms with E-state index in [1.165, 1.54) is 9.87 Å². The molecule has 212 valence electrons. The van der Waals surface area contributed by atoms with Crippen LogP contribution in [0.15, 0.2) is 45.9 Å². The monoisotopic (exact) mass is 563 g/mol. The third-order valence-corrected chi connectivity index (χ3v) is 10.00. The zero-order valence-corrected chi connectivity index (χ0v) is 24.4. The lowest BCUT2D eigenvalue weighted by molar-refractivity contribution is -0.137. The van der Waals surface area contributed by atoms with Crippen molar-refractivity contribution in [1.82, 2.24) is 19.3 Å². The normalized spacial score (nSPS) is 17.6. The summed E-state index contributed by atoms with van der Waals surface area (Å²) in [5.74, 6) is 1.09. The summed E-state index contributed by atoms with van der Waals surface area (Å²) in [7, 11) is -3.84. The minimum absolute atomic E-state index is 0.0987. The van der Waals surface area contributed by atoms with E-state index in [-0.39, 0.29) is 35.6 Å². The van der Waals surface area contributed by atoms with Gasteiger partial charge in [-0.3, -0.25) is 4.79 Å². The van der Waals surface area contributed by atoms with Gasteiger partial charge in [0.05, 0.1) is 0 Å². The Balaban J connectivity index is 1.23. The van der Waals surface area contributed by atoms with Crippen molar-refractivity contribution in [2.75, 3.05) is 44.2 Å². The van der Waals surface area contributed by atoms with Gasteiger partial charge in [-0.1, -0.05) is 35.0 Å². The molecule has 5 rings (SSSR count). The highest BCUT2D eigenvalue weighted by Crippen LogP contribution is 2.30. The molecule has 40 heavy (non-hydrogen) atoms. The van der Waals surface area contributed by atoms with E-state index in [1.54, 1.807) is 19.2 Å². The zero-order chi connectivity index (χ0) is 28.4. The van der Waals surface area contributed by atoms with E-state index in [0.29, 0.717) is 31.6 Å². The molecular formula is C30H37N5O4S. The summed E-state index contributed by atoms with van der Waals surface area (Å²) in [6.07, 6.45) is 6.35. The number of carbonyl (C=O) groups is 1. The van der Waals surface area contributed by atoms with Crippen LogP contribution in [0.1, 0.15) is 46.5 Å². The molecule has 2 aliphatic rings. The Labute approximate surface area is 236 Å². The Morgan fingerprint density at radius 1 is 0.950 bits per heavy atom. The molecule has 2 fully saturated rings. The molecular weight excluding hydrogens is 526 g/mol. The molecule has 4 heterocycles. The lowest BCUT2D eigenvalue weighted by Gasteiger charge is -2.38. The minimum atomic E-state index is -3.84. The van der Waals surface area contributed by atoms with Crippen LogP contribution in [0.4, 0.5) is 5.82 Å². The molecule has 2 aromatic heterocycles.